The van der Waals surface area contributed by atoms with E-state index < -0.39 is 0 Å². The van der Waals surface area contributed by atoms with E-state index in [2.05, 4.69) is 30.1 Å². The number of aryl methyl sites for hydroxylation is 1. The first-order valence-corrected chi connectivity index (χ1v) is 7.48. The summed E-state index contributed by atoms with van der Waals surface area (Å²) in [6, 6.07) is 14.1. The highest BCUT2D eigenvalue weighted by molar-refractivity contribution is 5.93. The van der Waals surface area contributed by atoms with E-state index in [0.717, 1.165) is 22.9 Å². The van der Waals surface area contributed by atoms with Crippen LogP contribution in [0.1, 0.15) is 30.5 Å². The highest BCUT2D eigenvalue weighted by Crippen LogP contribution is 2.38. The Labute approximate surface area is 124 Å². The lowest BCUT2D eigenvalue weighted by Gasteiger charge is -2.04. The van der Waals surface area contributed by atoms with Gasteiger partial charge < -0.3 is 4.98 Å². The Morgan fingerprint density at radius 3 is 2.38 bits per heavy atom. The Kier molecular flexibility index (Phi) is 3.38. The molecule has 1 aliphatic rings. The fraction of sp³-hybridized carbons (Fsp3) is 0.211. The molecule has 1 heterocycles. The van der Waals surface area contributed by atoms with Crippen LogP contribution in [-0.4, -0.2) is 4.98 Å². The normalized spacial score (nSPS) is 11.6. The first kappa shape index (κ1) is 13.6. The Hall–Kier alpha value is -2.35. The maximum atomic E-state index is 12.2. The van der Waals surface area contributed by atoms with Gasteiger partial charge in [-0.1, -0.05) is 50.2 Å². The van der Waals surface area contributed by atoms with Crippen molar-refractivity contribution in [3.8, 4) is 11.3 Å². The highest BCUT2D eigenvalue weighted by atomic mass is 16.1. The number of nitrogens with one attached hydrogen (secondary N) is 1. The zero-order valence-electron chi connectivity index (χ0n) is 12.7. The molecule has 0 aliphatic heterocycles. The van der Waals surface area contributed by atoms with E-state index >= 15 is 0 Å². The summed E-state index contributed by atoms with van der Waals surface area (Å²) in [6.45, 7) is 6.13. The number of rotatable bonds is 0. The van der Waals surface area contributed by atoms with Crippen LogP contribution in [0.15, 0.2) is 47.3 Å². The minimum atomic E-state index is 0.00343. The standard InChI is InChI=1S/C17H13NO.C2H6/c1-10-5-4-8-12-14(10)9-15-11-6-2-3-7-13(11)17(19)18-16(12)15;1-2/h2-8H,9H2,1H3,(H,18,19);1-2H3. The SMILES string of the molecule is CC.Cc1cccc2c1Cc1c-2[nH]c(=O)c2ccccc12. The van der Waals surface area contributed by atoms with Crippen LogP contribution in [0.2, 0.25) is 0 Å². The third-order valence-corrected chi connectivity index (χ3v) is 4.07. The maximum Gasteiger partial charge on any atom is 0.256 e. The number of fused-ring (bicyclic) bond motifs is 5. The highest BCUT2D eigenvalue weighted by Gasteiger charge is 2.23. The fourth-order valence-electron chi connectivity index (χ4n) is 3.10. The molecule has 2 heteroatoms. The van der Waals surface area contributed by atoms with Crippen LogP contribution >= 0.6 is 0 Å². The monoisotopic (exact) mass is 277 g/mol. The van der Waals surface area contributed by atoms with Gasteiger partial charge in [-0.25, -0.2) is 0 Å². The summed E-state index contributed by atoms with van der Waals surface area (Å²) in [5.74, 6) is 0. The largest absolute Gasteiger partial charge is 0.321 e. The molecular weight excluding hydrogens is 258 g/mol. The molecule has 0 spiro atoms. The van der Waals surface area contributed by atoms with Crippen molar-refractivity contribution < 1.29 is 0 Å². The molecule has 0 saturated heterocycles. The van der Waals surface area contributed by atoms with Crippen molar-refractivity contribution in [3.05, 3.63) is 69.5 Å². The van der Waals surface area contributed by atoms with Crippen LogP contribution in [0.5, 0.6) is 0 Å². The van der Waals surface area contributed by atoms with Crippen LogP contribution in [0.25, 0.3) is 22.0 Å². The van der Waals surface area contributed by atoms with Crippen molar-refractivity contribution in [1.29, 1.82) is 0 Å². The quantitative estimate of drug-likeness (QED) is 0.506. The molecule has 21 heavy (non-hydrogen) atoms. The summed E-state index contributed by atoms with van der Waals surface area (Å²) in [5.41, 5.74) is 6.06. The molecule has 0 bridgehead atoms. The molecule has 0 amide bonds. The Morgan fingerprint density at radius 2 is 1.62 bits per heavy atom. The molecule has 1 aliphatic carbocycles. The Morgan fingerprint density at radius 1 is 0.905 bits per heavy atom. The first-order chi connectivity index (χ1) is 10.3. The van der Waals surface area contributed by atoms with Crippen LogP contribution < -0.4 is 5.56 Å². The maximum absolute atomic E-state index is 12.2. The smallest absolute Gasteiger partial charge is 0.256 e. The van der Waals surface area contributed by atoms with E-state index in [1.807, 2.05) is 38.1 Å². The first-order valence-electron chi connectivity index (χ1n) is 7.48. The summed E-state index contributed by atoms with van der Waals surface area (Å²) >= 11 is 0. The van der Waals surface area contributed by atoms with E-state index in [-0.39, 0.29) is 5.56 Å². The zero-order valence-corrected chi connectivity index (χ0v) is 12.7. The minimum Gasteiger partial charge on any atom is -0.321 e. The number of benzene rings is 2. The third kappa shape index (κ3) is 1.99. The molecule has 3 aromatic rings. The van der Waals surface area contributed by atoms with Crippen LogP contribution in [0.3, 0.4) is 0 Å². The number of hydrogen-bond acceptors (Lipinski definition) is 1. The lowest BCUT2D eigenvalue weighted by Crippen LogP contribution is -2.08. The lowest BCUT2D eigenvalue weighted by molar-refractivity contribution is 1.21. The van der Waals surface area contributed by atoms with Crippen molar-refractivity contribution in [2.24, 2.45) is 0 Å². The summed E-state index contributed by atoms with van der Waals surface area (Å²) < 4.78 is 0. The molecule has 106 valence electrons. The summed E-state index contributed by atoms with van der Waals surface area (Å²) in [4.78, 5) is 15.2. The minimum absolute atomic E-state index is 0.00343. The average Bonchev–Trinajstić information content (AvgIpc) is 2.90. The van der Waals surface area contributed by atoms with Crippen LogP contribution in [0, 0.1) is 6.92 Å². The summed E-state index contributed by atoms with van der Waals surface area (Å²) in [6.07, 6.45) is 0.911. The van der Waals surface area contributed by atoms with Gasteiger partial charge in [0.2, 0.25) is 0 Å². The summed E-state index contributed by atoms with van der Waals surface area (Å²) in [5, 5.41) is 1.86. The van der Waals surface area contributed by atoms with E-state index in [0.29, 0.717) is 0 Å². The fourth-order valence-corrected chi connectivity index (χ4v) is 3.10. The van der Waals surface area contributed by atoms with Crippen molar-refractivity contribution in [2.75, 3.05) is 0 Å². The van der Waals surface area contributed by atoms with Crippen molar-refractivity contribution in [1.82, 2.24) is 4.98 Å². The average molecular weight is 277 g/mol. The van der Waals surface area contributed by atoms with E-state index in [1.165, 1.54) is 22.3 Å². The topological polar surface area (TPSA) is 32.9 Å². The lowest BCUT2D eigenvalue weighted by atomic mass is 10.0. The number of H-pyrrole nitrogens is 1. The van der Waals surface area contributed by atoms with Crippen molar-refractivity contribution in [3.63, 3.8) is 0 Å². The van der Waals surface area contributed by atoms with Crippen LogP contribution in [0.4, 0.5) is 0 Å². The van der Waals surface area contributed by atoms with Crippen molar-refractivity contribution >= 4 is 10.8 Å². The molecule has 0 atom stereocenters. The predicted octanol–water partition coefficient (Wildman–Crippen LogP) is 4.43. The van der Waals surface area contributed by atoms with Gasteiger partial charge in [-0.3, -0.25) is 4.79 Å². The number of hydrogen-bond donors (Lipinski definition) is 1. The van der Waals surface area contributed by atoms with Gasteiger partial charge in [-0.15, -0.1) is 0 Å². The molecule has 0 fully saturated rings. The zero-order chi connectivity index (χ0) is 15.0. The second-order valence-electron chi connectivity index (χ2n) is 5.13. The van der Waals surface area contributed by atoms with Gasteiger partial charge in [-0.05, 0) is 35.1 Å². The number of aromatic nitrogens is 1. The Balaban J connectivity index is 0.000000636. The molecule has 2 aromatic carbocycles. The number of aromatic amines is 1. The van der Waals surface area contributed by atoms with Crippen molar-refractivity contribution in [2.45, 2.75) is 27.2 Å². The Bertz CT molecular complexity index is 874. The van der Waals surface area contributed by atoms with Gasteiger partial charge in [0, 0.05) is 17.4 Å². The molecule has 0 saturated carbocycles. The van der Waals surface area contributed by atoms with Gasteiger partial charge >= 0.3 is 0 Å². The van der Waals surface area contributed by atoms with E-state index in [4.69, 9.17) is 0 Å². The third-order valence-electron chi connectivity index (χ3n) is 4.07. The van der Waals surface area contributed by atoms with Gasteiger partial charge in [-0.2, -0.15) is 0 Å². The molecule has 2 nitrogen and oxygen atoms in total. The molecule has 0 unspecified atom stereocenters. The van der Waals surface area contributed by atoms with E-state index in [1.54, 1.807) is 0 Å². The van der Waals surface area contributed by atoms with Gasteiger partial charge in [0.15, 0.2) is 0 Å². The molecule has 4 rings (SSSR count). The van der Waals surface area contributed by atoms with Gasteiger partial charge in [0.05, 0.1) is 5.69 Å². The van der Waals surface area contributed by atoms with Gasteiger partial charge in [0.1, 0.15) is 0 Å². The molecule has 0 radical (unpaired) electrons. The predicted molar refractivity (Wildman–Crippen MR) is 88.9 cm³/mol. The summed E-state index contributed by atoms with van der Waals surface area (Å²) in [7, 11) is 0. The van der Waals surface area contributed by atoms with E-state index in [9.17, 15) is 4.79 Å². The number of pyridine rings is 1. The molecular formula is C19H19NO. The second kappa shape index (κ2) is 5.21. The molecule has 1 N–H and O–H groups in total. The second-order valence-corrected chi connectivity index (χ2v) is 5.13. The molecule has 1 aromatic heterocycles. The van der Waals surface area contributed by atoms with Gasteiger partial charge in [0.25, 0.3) is 5.56 Å². The van der Waals surface area contributed by atoms with Crippen LogP contribution in [-0.2, 0) is 6.42 Å².